The molecule has 0 aliphatic carbocycles. The molecule has 1 heterocycles. The van der Waals surface area contributed by atoms with Crippen molar-refractivity contribution < 1.29 is 14.4 Å². The molecule has 3 aromatic rings. The minimum absolute atomic E-state index is 0.0228. The molecule has 1 N–H and O–H groups in total. The number of nitro groups is 1. The fourth-order valence-corrected chi connectivity index (χ4v) is 2.33. The molecular formula is C16H14N2O4. The summed E-state index contributed by atoms with van der Waals surface area (Å²) < 4.78 is 5.79. The van der Waals surface area contributed by atoms with E-state index in [9.17, 15) is 15.2 Å². The van der Waals surface area contributed by atoms with Gasteiger partial charge >= 0.3 is 0 Å². The highest BCUT2D eigenvalue weighted by atomic mass is 16.6. The van der Waals surface area contributed by atoms with Gasteiger partial charge in [-0.15, -0.1) is 0 Å². The summed E-state index contributed by atoms with van der Waals surface area (Å²) in [6, 6.07) is 11.6. The van der Waals surface area contributed by atoms with Gasteiger partial charge in [-0.3, -0.25) is 10.1 Å². The molecule has 1 atom stereocenters. The molecule has 1 aromatic heterocycles. The van der Waals surface area contributed by atoms with Gasteiger partial charge < -0.3 is 9.52 Å². The monoisotopic (exact) mass is 298 g/mol. The van der Waals surface area contributed by atoms with Gasteiger partial charge in [-0.05, 0) is 30.7 Å². The van der Waals surface area contributed by atoms with Crippen LogP contribution in [0.2, 0.25) is 0 Å². The van der Waals surface area contributed by atoms with E-state index >= 15 is 0 Å². The third-order valence-electron chi connectivity index (χ3n) is 3.34. The lowest BCUT2D eigenvalue weighted by molar-refractivity contribution is -0.384. The van der Waals surface area contributed by atoms with Gasteiger partial charge in [0, 0.05) is 24.1 Å². The largest absolute Gasteiger partial charge is 0.436 e. The second-order valence-electron chi connectivity index (χ2n) is 5.14. The molecular weight excluding hydrogens is 284 g/mol. The predicted molar refractivity (Wildman–Crippen MR) is 81.5 cm³/mol. The van der Waals surface area contributed by atoms with Gasteiger partial charge in [-0.1, -0.05) is 12.1 Å². The van der Waals surface area contributed by atoms with Crippen LogP contribution in [0.4, 0.5) is 5.69 Å². The Morgan fingerprint density at radius 1 is 1.27 bits per heavy atom. The maximum Gasteiger partial charge on any atom is 0.269 e. The highest BCUT2D eigenvalue weighted by Gasteiger charge is 2.13. The lowest BCUT2D eigenvalue weighted by atomic mass is 10.1. The van der Waals surface area contributed by atoms with Crippen molar-refractivity contribution in [1.82, 2.24) is 4.98 Å². The average molecular weight is 298 g/mol. The summed E-state index contributed by atoms with van der Waals surface area (Å²) in [6.45, 7) is 1.71. The van der Waals surface area contributed by atoms with Gasteiger partial charge in [0.2, 0.25) is 5.89 Å². The van der Waals surface area contributed by atoms with Gasteiger partial charge in [0.1, 0.15) is 5.52 Å². The van der Waals surface area contributed by atoms with Crippen LogP contribution in [0.25, 0.3) is 22.6 Å². The highest BCUT2D eigenvalue weighted by molar-refractivity contribution is 5.79. The minimum Gasteiger partial charge on any atom is -0.436 e. The molecule has 3 rings (SSSR count). The zero-order valence-electron chi connectivity index (χ0n) is 11.9. The molecule has 0 aliphatic rings. The number of fused-ring (bicyclic) bond motifs is 1. The molecule has 112 valence electrons. The first kappa shape index (κ1) is 14.2. The first-order valence-electron chi connectivity index (χ1n) is 6.86. The Balaban J connectivity index is 2.03. The molecule has 22 heavy (non-hydrogen) atoms. The zero-order valence-corrected chi connectivity index (χ0v) is 11.9. The van der Waals surface area contributed by atoms with E-state index in [4.69, 9.17) is 4.42 Å². The summed E-state index contributed by atoms with van der Waals surface area (Å²) in [5.41, 5.74) is 2.91. The van der Waals surface area contributed by atoms with Crippen molar-refractivity contribution in [2.75, 3.05) is 0 Å². The maximum atomic E-state index is 10.7. The number of non-ortho nitro benzene ring substituents is 1. The number of nitro benzene ring substituents is 1. The lowest BCUT2D eigenvalue weighted by Gasteiger charge is -2.03. The van der Waals surface area contributed by atoms with Crippen LogP contribution in [0.3, 0.4) is 0 Å². The van der Waals surface area contributed by atoms with E-state index in [1.807, 2.05) is 18.2 Å². The van der Waals surface area contributed by atoms with Gasteiger partial charge in [0.05, 0.1) is 11.0 Å². The zero-order chi connectivity index (χ0) is 15.7. The van der Waals surface area contributed by atoms with Crippen LogP contribution in [0.5, 0.6) is 0 Å². The van der Waals surface area contributed by atoms with Gasteiger partial charge in [0.25, 0.3) is 5.69 Å². The van der Waals surface area contributed by atoms with Crippen molar-refractivity contribution in [3.63, 3.8) is 0 Å². The standard InChI is InChI=1S/C16H14N2O4/c1-10(19)9-12-3-2-4-14-15(12)22-16(17-14)11-5-7-13(8-6-11)18(20)21/h2-8,10,19H,9H2,1H3. The number of para-hydroxylation sites is 1. The summed E-state index contributed by atoms with van der Waals surface area (Å²) >= 11 is 0. The third kappa shape index (κ3) is 2.68. The average Bonchev–Trinajstić information content (AvgIpc) is 2.92. The van der Waals surface area contributed by atoms with Gasteiger partial charge in [0.15, 0.2) is 5.58 Å². The first-order chi connectivity index (χ1) is 10.5. The molecule has 6 heteroatoms. The van der Waals surface area contributed by atoms with E-state index in [0.717, 1.165) is 5.56 Å². The molecule has 0 spiro atoms. The molecule has 0 fully saturated rings. The predicted octanol–water partition coefficient (Wildman–Crippen LogP) is 3.33. The number of nitrogens with zero attached hydrogens (tertiary/aromatic N) is 2. The third-order valence-corrected chi connectivity index (χ3v) is 3.34. The van der Waals surface area contributed by atoms with Crippen molar-refractivity contribution in [3.8, 4) is 11.5 Å². The van der Waals surface area contributed by atoms with Gasteiger partial charge in [-0.25, -0.2) is 4.98 Å². The van der Waals surface area contributed by atoms with Crippen molar-refractivity contribution in [2.24, 2.45) is 0 Å². The van der Waals surface area contributed by atoms with E-state index in [0.29, 0.717) is 29.0 Å². The molecule has 0 radical (unpaired) electrons. The quantitative estimate of drug-likeness (QED) is 0.589. The number of oxazole rings is 1. The van der Waals surface area contributed by atoms with E-state index < -0.39 is 11.0 Å². The van der Waals surface area contributed by atoms with Crippen LogP contribution < -0.4 is 0 Å². The number of hydrogen-bond acceptors (Lipinski definition) is 5. The van der Waals surface area contributed by atoms with Crippen molar-refractivity contribution in [2.45, 2.75) is 19.4 Å². The Kier molecular flexibility index (Phi) is 3.60. The van der Waals surface area contributed by atoms with Crippen LogP contribution in [0.1, 0.15) is 12.5 Å². The Labute approximate surface area is 126 Å². The molecule has 1 unspecified atom stereocenters. The SMILES string of the molecule is CC(O)Cc1cccc2nc(-c3ccc([N+](=O)[O-])cc3)oc12. The Morgan fingerprint density at radius 2 is 2.00 bits per heavy atom. The van der Waals surface area contributed by atoms with Crippen LogP contribution >= 0.6 is 0 Å². The minimum atomic E-state index is -0.474. The molecule has 0 amide bonds. The molecule has 0 saturated heterocycles. The van der Waals surface area contributed by atoms with Crippen LogP contribution in [-0.2, 0) is 6.42 Å². The fraction of sp³-hybridized carbons (Fsp3) is 0.188. The molecule has 6 nitrogen and oxygen atoms in total. The van der Waals surface area contributed by atoms with E-state index in [2.05, 4.69) is 4.98 Å². The summed E-state index contributed by atoms with van der Waals surface area (Å²) in [7, 11) is 0. The van der Waals surface area contributed by atoms with E-state index in [1.54, 1.807) is 19.1 Å². The van der Waals surface area contributed by atoms with Crippen molar-refractivity contribution in [1.29, 1.82) is 0 Å². The van der Waals surface area contributed by atoms with Crippen molar-refractivity contribution >= 4 is 16.8 Å². The number of benzene rings is 2. The van der Waals surface area contributed by atoms with Crippen LogP contribution in [-0.4, -0.2) is 21.1 Å². The summed E-state index contributed by atoms with van der Waals surface area (Å²) in [4.78, 5) is 14.6. The number of aromatic nitrogens is 1. The molecule has 0 aliphatic heterocycles. The molecule has 2 aromatic carbocycles. The summed E-state index contributed by atoms with van der Waals surface area (Å²) in [5, 5.41) is 20.2. The summed E-state index contributed by atoms with van der Waals surface area (Å²) in [5.74, 6) is 0.406. The fourth-order valence-electron chi connectivity index (χ4n) is 2.33. The number of hydrogen-bond donors (Lipinski definition) is 1. The number of aliphatic hydroxyl groups excluding tert-OH is 1. The number of aliphatic hydroxyl groups is 1. The normalized spacial score (nSPS) is 12.5. The van der Waals surface area contributed by atoms with E-state index in [-0.39, 0.29) is 5.69 Å². The van der Waals surface area contributed by atoms with E-state index in [1.165, 1.54) is 12.1 Å². The number of rotatable bonds is 4. The van der Waals surface area contributed by atoms with Crippen LogP contribution in [0, 0.1) is 10.1 Å². The second-order valence-corrected chi connectivity index (χ2v) is 5.14. The Hall–Kier alpha value is -2.73. The highest BCUT2D eigenvalue weighted by Crippen LogP contribution is 2.28. The summed E-state index contributed by atoms with van der Waals surface area (Å²) in [6.07, 6.45) is 0.00482. The first-order valence-corrected chi connectivity index (χ1v) is 6.86. The lowest BCUT2D eigenvalue weighted by Crippen LogP contribution is -2.04. The van der Waals surface area contributed by atoms with Crippen molar-refractivity contribution in [3.05, 3.63) is 58.1 Å². The van der Waals surface area contributed by atoms with Gasteiger partial charge in [-0.2, -0.15) is 0 Å². The molecule has 0 saturated carbocycles. The Morgan fingerprint density at radius 3 is 2.64 bits per heavy atom. The van der Waals surface area contributed by atoms with Crippen LogP contribution in [0.15, 0.2) is 46.9 Å². The molecule has 0 bridgehead atoms. The topological polar surface area (TPSA) is 89.4 Å². The Bertz CT molecular complexity index is 822. The maximum absolute atomic E-state index is 10.7. The second kappa shape index (κ2) is 5.57. The smallest absolute Gasteiger partial charge is 0.269 e.